The Hall–Kier alpha value is -0.800. The van der Waals surface area contributed by atoms with Crippen molar-refractivity contribution in [2.24, 2.45) is 11.8 Å². The molecule has 0 amide bonds. The Morgan fingerprint density at radius 3 is 2.67 bits per heavy atom. The lowest BCUT2D eigenvalue weighted by molar-refractivity contribution is -0.143. The van der Waals surface area contributed by atoms with Gasteiger partial charge < -0.3 is 14.8 Å². The van der Waals surface area contributed by atoms with E-state index < -0.39 is 0 Å². The molecular weight excluding hydrogens is 226 g/mol. The Labute approximate surface area is 108 Å². The first-order valence-corrected chi connectivity index (χ1v) is 7.15. The van der Waals surface area contributed by atoms with Gasteiger partial charge in [0.1, 0.15) is 5.76 Å². The van der Waals surface area contributed by atoms with E-state index in [4.69, 9.17) is 4.42 Å². The highest BCUT2D eigenvalue weighted by Gasteiger charge is 2.56. The van der Waals surface area contributed by atoms with Crippen LogP contribution in [0.5, 0.6) is 0 Å². The van der Waals surface area contributed by atoms with E-state index >= 15 is 0 Å². The summed E-state index contributed by atoms with van der Waals surface area (Å²) in [5.41, 5.74) is -0.203. The molecule has 4 bridgehead atoms. The molecule has 1 aromatic heterocycles. The lowest BCUT2D eigenvalue weighted by Crippen LogP contribution is -2.64. The average molecular weight is 247 g/mol. The molecule has 0 spiro atoms. The minimum atomic E-state index is -0.375. The second kappa shape index (κ2) is 3.61. The first kappa shape index (κ1) is 11.1. The number of aliphatic hydroxyl groups is 1. The number of hydrogen-bond acceptors (Lipinski definition) is 3. The molecule has 0 saturated heterocycles. The molecule has 4 aliphatic carbocycles. The summed E-state index contributed by atoms with van der Waals surface area (Å²) < 4.78 is 5.40. The summed E-state index contributed by atoms with van der Waals surface area (Å²) in [6, 6.07) is 3.95. The zero-order chi connectivity index (χ0) is 12.2. The van der Waals surface area contributed by atoms with Crippen LogP contribution < -0.4 is 5.32 Å². The van der Waals surface area contributed by atoms with Crippen LogP contribution in [-0.2, 0) is 6.54 Å². The minimum absolute atomic E-state index is 0.172. The topological polar surface area (TPSA) is 45.4 Å². The maximum absolute atomic E-state index is 10.7. The molecule has 1 aromatic rings. The van der Waals surface area contributed by atoms with Gasteiger partial charge in [0.2, 0.25) is 0 Å². The normalized spacial score (nSPS) is 45.6. The zero-order valence-corrected chi connectivity index (χ0v) is 10.7. The maximum Gasteiger partial charge on any atom is 0.117 e. The van der Waals surface area contributed by atoms with Crippen molar-refractivity contribution in [2.75, 3.05) is 0 Å². The van der Waals surface area contributed by atoms with E-state index in [9.17, 15) is 5.11 Å². The lowest BCUT2D eigenvalue weighted by atomic mass is 9.51. The van der Waals surface area contributed by atoms with E-state index in [0.29, 0.717) is 0 Å². The molecule has 4 atom stereocenters. The first-order chi connectivity index (χ1) is 8.65. The fourth-order valence-electron chi connectivity index (χ4n) is 5.11. The van der Waals surface area contributed by atoms with Crippen molar-refractivity contribution in [3.63, 3.8) is 0 Å². The monoisotopic (exact) mass is 247 g/mol. The van der Waals surface area contributed by atoms with Crippen LogP contribution in [-0.4, -0.2) is 16.2 Å². The van der Waals surface area contributed by atoms with Gasteiger partial charge in [0.25, 0.3) is 0 Å². The van der Waals surface area contributed by atoms with Crippen LogP contribution in [0.25, 0.3) is 0 Å². The third-order valence-electron chi connectivity index (χ3n) is 5.25. The molecule has 18 heavy (non-hydrogen) atoms. The summed E-state index contributed by atoms with van der Waals surface area (Å²) in [6.45, 7) is 0.794. The van der Waals surface area contributed by atoms with Gasteiger partial charge in [0.15, 0.2) is 0 Å². The van der Waals surface area contributed by atoms with E-state index in [1.807, 2.05) is 12.1 Å². The fraction of sp³-hybridized carbons (Fsp3) is 0.733. The molecule has 3 heteroatoms. The summed E-state index contributed by atoms with van der Waals surface area (Å²) in [4.78, 5) is 0. The number of rotatable bonds is 3. The van der Waals surface area contributed by atoms with Crippen LogP contribution in [0.1, 0.15) is 44.3 Å². The van der Waals surface area contributed by atoms with Crippen LogP contribution in [0.3, 0.4) is 0 Å². The molecule has 0 radical (unpaired) electrons. The van der Waals surface area contributed by atoms with E-state index in [1.54, 1.807) is 6.26 Å². The number of furan rings is 1. The molecule has 2 N–H and O–H groups in total. The SMILES string of the molecule is OC12C[C@H]3C[C@@H](C1)CC(NCc1ccco1)(C3)C2. The van der Waals surface area contributed by atoms with Crippen molar-refractivity contribution in [3.8, 4) is 0 Å². The van der Waals surface area contributed by atoms with E-state index in [0.717, 1.165) is 43.4 Å². The molecular formula is C15H21NO2. The van der Waals surface area contributed by atoms with Gasteiger partial charge in [-0.1, -0.05) is 0 Å². The summed E-state index contributed by atoms with van der Waals surface area (Å²) in [5.74, 6) is 2.47. The van der Waals surface area contributed by atoms with Crippen LogP contribution in [0.2, 0.25) is 0 Å². The fourth-order valence-corrected chi connectivity index (χ4v) is 5.11. The van der Waals surface area contributed by atoms with Gasteiger partial charge in [-0.05, 0) is 62.5 Å². The standard InChI is InChI=1S/C15H21NO2/c17-15-7-11-4-12(8-15)6-14(5-11,10-15)16-9-13-2-1-3-18-13/h1-3,11-12,16-17H,4-10H2/t11-,12+,14?,15?. The van der Waals surface area contributed by atoms with Crippen molar-refractivity contribution in [3.05, 3.63) is 24.2 Å². The Morgan fingerprint density at radius 1 is 1.28 bits per heavy atom. The Morgan fingerprint density at radius 2 is 2.06 bits per heavy atom. The van der Waals surface area contributed by atoms with Gasteiger partial charge in [0.05, 0.1) is 18.4 Å². The van der Waals surface area contributed by atoms with E-state index in [-0.39, 0.29) is 11.1 Å². The summed E-state index contributed by atoms with van der Waals surface area (Å²) in [5, 5.41) is 14.4. The van der Waals surface area contributed by atoms with Crippen molar-refractivity contribution < 1.29 is 9.52 Å². The van der Waals surface area contributed by atoms with Gasteiger partial charge in [0, 0.05) is 5.54 Å². The number of hydrogen-bond donors (Lipinski definition) is 2. The Balaban J connectivity index is 1.53. The van der Waals surface area contributed by atoms with Crippen LogP contribution in [0.4, 0.5) is 0 Å². The first-order valence-electron chi connectivity index (χ1n) is 7.15. The predicted molar refractivity (Wildman–Crippen MR) is 67.9 cm³/mol. The molecule has 3 nitrogen and oxygen atoms in total. The summed E-state index contributed by atoms with van der Waals surface area (Å²) in [7, 11) is 0. The third kappa shape index (κ3) is 1.72. The highest BCUT2D eigenvalue weighted by molar-refractivity contribution is 5.13. The molecule has 0 aromatic carbocycles. The van der Waals surface area contributed by atoms with Crippen molar-refractivity contribution in [1.29, 1.82) is 0 Å². The Bertz CT molecular complexity index is 425. The maximum atomic E-state index is 10.7. The van der Waals surface area contributed by atoms with Crippen molar-refractivity contribution in [2.45, 2.75) is 56.2 Å². The van der Waals surface area contributed by atoms with Gasteiger partial charge in [-0.15, -0.1) is 0 Å². The molecule has 4 saturated carbocycles. The van der Waals surface area contributed by atoms with Crippen LogP contribution >= 0.6 is 0 Å². The third-order valence-corrected chi connectivity index (χ3v) is 5.25. The molecule has 5 rings (SSSR count). The van der Waals surface area contributed by atoms with Gasteiger partial charge in [-0.25, -0.2) is 0 Å². The summed E-state index contributed by atoms with van der Waals surface area (Å²) in [6.07, 6.45) is 8.56. The summed E-state index contributed by atoms with van der Waals surface area (Å²) >= 11 is 0. The highest BCUT2D eigenvalue weighted by Crippen LogP contribution is 2.57. The Kier molecular flexibility index (Phi) is 2.22. The second-order valence-corrected chi connectivity index (χ2v) is 6.90. The quantitative estimate of drug-likeness (QED) is 0.862. The van der Waals surface area contributed by atoms with Gasteiger partial charge >= 0.3 is 0 Å². The van der Waals surface area contributed by atoms with Crippen LogP contribution in [0, 0.1) is 11.8 Å². The van der Waals surface area contributed by atoms with Crippen molar-refractivity contribution >= 4 is 0 Å². The lowest BCUT2D eigenvalue weighted by Gasteiger charge is -2.60. The largest absolute Gasteiger partial charge is 0.468 e. The smallest absolute Gasteiger partial charge is 0.117 e. The van der Waals surface area contributed by atoms with Gasteiger partial charge in [-0.3, -0.25) is 0 Å². The minimum Gasteiger partial charge on any atom is -0.468 e. The highest BCUT2D eigenvalue weighted by atomic mass is 16.3. The molecule has 1 heterocycles. The number of nitrogens with one attached hydrogen (secondary N) is 1. The molecule has 0 aliphatic heterocycles. The average Bonchev–Trinajstić information content (AvgIpc) is 2.75. The zero-order valence-electron chi connectivity index (χ0n) is 10.7. The van der Waals surface area contributed by atoms with E-state index in [1.165, 1.54) is 19.3 Å². The van der Waals surface area contributed by atoms with E-state index in [2.05, 4.69) is 5.32 Å². The molecule has 98 valence electrons. The molecule has 4 aliphatic rings. The molecule has 2 unspecified atom stereocenters. The molecule has 4 fully saturated rings. The second-order valence-electron chi connectivity index (χ2n) is 6.90. The van der Waals surface area contributed by atoms with Crippen molar-refractivity contribution in [1.82, 2.24) is 5.32 Å². The predicted octanol–water partition coefficient (Wildman–Crippen LogP) is 2.45. The van der Waals surface area contributed by atoms with Gasteiger partial charge in [-0.2, -0.15) is 0 Å². The van der Waals surface area contributed by atoms with Crippen LogP contribution in [0.15, 0.2) is 22.8 Å².